The van der Waals surface area contributed by atoms with Gasteiger partial charge in [0.1, 0.15) is 0 Å². The zero-order valence-electron chi connectivity index (χ0n) is 11.5. The summed E-state index contributed by atoms with van der Waals surface area (Å²) in [5.41, 5.74) is 4.75. The summed E-state index contributed by atoms with van der Waals surface area (Å²) in [6, 6.07) is 12.0. The molecule has 0 N–H and O–H groups in total. The molecule has 1 aliphatic heterocycles. The Morgan fingerprint density at radius 3 is 2.95 bits per heavy atom. The molecule has 0 saturated heterocycles. The van der Waals surface area contributed by atoms with Crippen molar-refractivity contribution in [2.24, 2.45) is 0 Å². The van der Waals surface area contributed by atoms with Gasteiger partial charge in [0.15, 0.2) is 11.2 Å². The quantitative estimate of drug-likeness (QED) is 0.678. The fraction of sp³-hybridized carbons (Fsp3) is 0.0588. The van der Waals surface area contributed by atoms with Gasteiger partial charge in [-0.05, 0) is 29.8 Å². The summed E-state index contributed by atoms with van der Waals surface area (Å²) in [4.78, 5) is 10.7. The number of hydrogen-bond acceptors (Lipinski definition) is 4. The molecule has 0 fully saturated rings. The molecule has 102 valence electrons. The number of rotatable bonds is 1. The average Bonchev–Trinajstić information content (AvgIpc) is 2.93. The number of allylic oxidation sites excluding steroid dienone is 2. The topological polar surface area (TPSA) is 42.2 Å². The first-order valence-corrected chi connectivity index (χ1v) is 6.75. The minimum atomic E-state index is 0.572. The van der Waals surface area contributed by atoms with Gasteiger partial charge in [-0.25, -0.2) is 4.98 Å². The van der Waals surface area contributed by atoms with Gasteiger partial charge >= 0.3 is 0 Å². The van der Waals surface area contributed by atoms with Gasteiger partial charge in [-0.15, -0.1) is 0 Å². The number of aromatic nitrogens is 2. The highest BCUT2D eigenvalue weighted by Gasteiger charge is 2.14. The van der Waals surface area contributed by atoms with Crippen LogP contribution >= 0.6 is 0 Å². The highest BCUT2D eigenvalue weighted by molar-refractivity contribution is 5.94. The lowest BCUT2D eigenvalue weighted by molar-refractivity contribution is 0.589. The van der Waals surface area contributed by atoms with Gasteiger partial charge in [0, 0.05) is 36.8 Å². The third-order valence-corrected chi connectivity index (χ3v) is 3.53. The number of anilines is 1. The molecule has 21 heavy (non-hydrogen) atoms. The first-order valence-electron chi connectivity index (χ1n) is 6.75. The van der Waals surface area contributed by atoms with E-state index in [0.717, 1.165) is 11.1 Å². The summed E-state index contributed by atoms with van der Waals surface area (Å²) < 4.78 is 5.72. The van der Waals surface area contributed by atoms with E-state index in [-0.39, 0.29) is 0 Å². The summed E-state index contributed by atoms with van der Waals surface area (Å²) in [7, 11) is 2.04. The van der Waals surface area contributed by atoms with E-state index in [0.29, 0.717) is 17.1 Å². The van der Waals surface area contributed by atoms with E-state index >= 15 is 0 Å². The molecule has 0 atom stereocenters. The molecule has 3 aromatic rings. The molecule has 0 aliphatic carbocycles. The van der Waals surface area contributed by atoms with Crippen LogP contribution in [0.4, 0.5) is 5.69 Å². The Morgan fingerprint density at radius 1 is 1.14 bits per heavy atom. The molecule has 0 bridgehead atoms. The number of oxazole rings is 1. The number of para-hydroxylation sites is 1. The van der Waals surface area contributed by atoms with Gasteiger partial charge in [0.25, 0.3) is 0 Å². The number of hydrogen-bond donors (Lipinski definition) is 0. The highest BCUT2D eigenvalue weighted by atomic mass is 16.3. The second-order valence-corrected chi connectivity index (χ2v) is 4.92. The van der Waals surface area contributed by atoms with Crippen molar-refractivity contribution in [1.82, 2.24) is 9.97 Å². The molecular weight excluding hydrogens is 262 g/mol. The Hall–Kier alpha value is -2.88. The second-order valence-electron chi connectivity index (χ2n) is 4.92. The molecule has 0 spiro atoms. The molecule has 3 heterocycles. The molecule has 0 amide bonds. The lowest BCUT2D eigenvalue weighted by atomic mass is 10.00. The highest BCUT2D eigenvalue weighted by Crippen LogP contribution is 2.33. The Labute approximate surface area is 122 Å². The van der Waals surface area contributed by atoms with Crippen LogP contribution in [0, 0.1) is 0 Å². The molecule has 0 saturated carbocycles. The molecule has 4 rings (SSSR count). The van der Waals surface area contributed by atoms with Crippen LogP contribution in [0.3, 0.4) is 0 Å². The SMILES string of the molecule is CN1C=C/C(=C/c2nc3ncccc3o2)c2ccccc21. The van der Waals surface area contributed by atoms with Crippen molar-refractivity contribution in [3.05, 3.63) is 66.3 Å². The summed E-state index contributed by atoms with van der Waals surface area (Å²) in [5.74, 6) is 0.572. The van der Waals surface area contributed by atoms with Crippen LogP contribution in [0.5, 0.6) is 0 Å². The molecular formula is C17H13N3O. The molecule has 1 aliphatic rings. The Morgan fingerprint density at radius 2 is 2.05 bits per heavy atom. The number of benzene rings is 1. The largest absolute Gasteiger partial charge is 0.435 e. The van der Waals surface area contributed by atoms with Crippen molar-refractivity contribution >= 4 is 28.6 Å². The van der Waals surface area contributed by atoms with Gasteiger partial charge in [-0.2, -0.15) is 4.98 Å². The predicted octanol–water partition coefficient (Wildman–Crippen LogP) is 3.73. The predicted molar refractivity (Wildman–Crippen MR) is 83.7 cm³/mol. The standard InChI is InChI=1S/C17H13N3O/c1-20-10-8-12(13-5-2-3-6-14(13)20)11-16-19-17-15(21-16)7-4-9-18-17/h2-11H,1H3/b12-11-. The molecule has 1 aromatic carbocycles. The maximum Gasteiger partial charge on any atom is 0.222 e. The molecule has 4 heteroatoms. The minimum absolute atomic E-state index is 0.572. The van der Waals surface area contributed by atoms with E-state index in [9.17, 15) is 0 Å². The maximum atomic E-state index is 5.72. The van der Waals surface area contributed by atoms with Crippen molar-refractivity contribution in [2.75, 3.05) is 11.9 Å². The van der Waals surface area contributed by atoms with Crippen LogP contribution in [0.1, 0.15) is 11.5 Å². The zero-order chi connectivity index (χ0) is 14.2. The fourth-order valence-corrected chi connectivity index (χ4v) is 2.49. The van der Waals surface area contributed by atoms with Gasteiger partial charge in [0.05, 0.1) is 0 Å². The molecule has 0 unspecified atom stereocenters. The van der Waals surface area contributed by atoms with Crippen LogP contribution in [0.2, 0.25) is 0 Å². The van der Waals surface area contributed by atoms with E-state index < -0.39 is 0 Å². The monoisotopic (exact) mass is 275 g/mol. The van der Waals surface area contributed by atoms with Crippen LogP contribution in [0.25, 0.3) is 22.9 Å². The third-order valence-electron chi connectivity index (χ3n) is 3.53. The van der Waals surface area contributed by atoms with Crippen molar-refractivity contribution in [3.8, 4) is 0 Å². The minimum Gasteiger partial charge on any atom is -0.435 e. The molecule has 4 nitrogen and oxygen atoms in total. The van der Waals surface area contributed by atoms with Crippen molar-refractivity contribution < 1.29 is 4.42 Å². The average molecular weight is 275 g/mol. The fourth-order valence-electron chi connectivity index (χ4n) is 2.49. The summed E-state index contributed by atoms with van der Waals surface area (Å²) >= 11 is 0. The van der Waals surface area contributed by atoms with Gasteiger partial charge in [-0.3, -0.25) is 0 Å². The summed E-state index contributed by atoms with van der Waals surface area (Å²) in [6.45, 7) is 0. The van der Waals surface area contributed by atoms with Crippen molar-refractivity contribution in [1.29, 1.82) is 0 Å². The Balaban J connectivity index is 1.84. The Kier molecular flexibility index (Phi) is 2.60. The third kappa shape index (κ3) is 2.01. The van der Waals surface area contributed by atoms with Crippen molar-refractivity contribution in [3.63, 3.8) is 0 Å². The van der Waals surface area contributed by atoms with Gasteiger partial charge in [0.2, 0.25) is 5.89 Å². The zero-order valence-corrected chi connectivity index (χ0v) is 11.5. The van der Waals surface area contributed by atoms with E-state index in [1.165, 1.54) is 5.69 Å². The second kappa shape index (κ2) is 4.59. The first kappa shape index (κ1) is 11.9. The van der Waals surface area contributed by atoms with E-state index in [1.807, 2.05) is 43.6 Å². The van der Waals surface area contributed by atoms with Crippen LogP contribution in [0.15, 0.2) is 59.3 Å². The summed E-state index contributed by atoms with van der Waals surface area (Å²) in [5, 5.41) is 0. The van der Waals surface area contributed by atoms with Crippen LogP contribution < -0.4 is 4.90 Å². The lowest BCUT2D eigenvalue weighted by Gasteiger charge is -2.23. The molecule has 0 radical (unpaired) electrons. The van der Waals surface area contributed by atoms with Crippen molar-refractivity contribution in [2.45, 2.75) is 0 Å². The normalized spacial score (nSPS) is 15.7. The number of pyridine rings is 1. The van der Waals surface area contributed by atoms with E-state index in [1.54, 1.807) is 6.20 Å². The van der Waals surface area contributed by atoms with E-state index in [2.05, 4.69) is 33.1 Å². The maximum absolute atomic E-state index is 5.72. The first-order chi connectivity index (χ1) is 10.3. The van der Waals surface area contributed by atoms with Crippen LogP contribution in [-0.2, 0) is 0 Å². The van der Waals surface area contributed by atoms with Gasteiger partial charge in [-0.1, -0.05) is 18.2 Å². The number of fused-ring (bicyclic) bond motifs is 2. The Bertz CT molecular complexity index is 843. The molecule has 2 aromatic heterocycles. The smallest absolute Gasteiger partial charge is 0.222 e. The van der Waals surface area contributed by atoms with E-state index in [4.69, 9.17) is 4.42 Å². The lowest BCUT2D eigenvalue weighted by Crippen LogP contribution is -2.13. The summed E-state index contributed by atoms with van der Waals surface area (Å²) in [6.07, 6.45) is 7.76. The number of nitrogens with zero attached hydrogens (tertiary/aromatic N) is 3. The van der Waals surface area contributed by atoms with Gasteiger partial charge < -0.3 is 9.32 Å². The van der Waals surface area contributed by atoms with Crippen LogP contribution in [-0.4, -0.2) is 17.0 Å².